The number of amides is 1. The van der Waals surface area contributed by atoms with Crippen LogP contribution in [0.5, 0.6) is 0 Å². The average molecular weight is 418 g/mol. The third-order valence-electron chi connectivity index (χ3n) is 4.57. The van der Waals surface area contributed by atoms with E-state index < -0.39 is 16.1 Å². The fraction of sp³-hybridized carbons (Fsp3) is 0.611. The van der Waals surface area contributed by atoms with Crippen molar-refractivity contribution in [3.05, 3.63) is 28.8 Å². The van der Waals surface area contributed by atoms with Gasteiger partial charge in [-0.15, -0.1) is 0 Å². The smallest absolute Gasteiger partial charge is 0.243 e. The van der Waals surface area contributed by atoms with E-state index in [4.69, 9.17) is 16.3 Å². The van der Waals surface area contributed by atoms with Crippen LogP contribution < -0.4 is 9.62 Å². The van der Waals surface area contributed by atoms with Crippen LogP contribution in [0.15, 0.2) is 18.2 Å². The number of carbonyl (C=O) groups excluding carboxylic acids is 1. The van der Waals surface area contributed by atoms with Crippen molar-refractivity contribution in [3.8, 4) is 0 Å². The normalized spacial score (nSPS) is 16.7. The standard InChI is InChI=1S/C18H28ClN3O4S/c1-4-16(18(23)20-7-8-21-9-11-26-12-10-21)22(27(3,24)25)17-13-15(19)6-5-14(17)2/h5-6,13,16H,4,7-12H2,1-3H3,(H,20,23)/t16-/m0/s1. The number of sulfonamides is 1. The van der Waals surface area contributed by atoms with Crippen LogP contribution >= 0.6 is 11.6 Å². The van der Waals surface area contributed by atoms with Crippen molar-refractivity contribution in [2.75, 3.05) is 50.0 Å². The van der Waals surface area contributed by atoms with Crippen LogP contribution in [0, 0.1) is 6.92 Å². The van der Waals surface area contributed by atoms with Gasteiger partial charge in [0.2, 0.25) is 15.9 Å². The predicted octanol–water partition coefficient (Wildman–Crippen LogP) is 1.64. The molecule has 0 radical (unpaired) electrons. The zero-order valence-electron chi connectivity index (χ0n) is 16.1. The molecule has 0 aromatic heterocycles. The maximum atomic E-state index is 12.8. The number of hydrogen-bond acceptors (Lipinski definition) is 5. The Morgan fingerprint density at radius 3 is 2.63 bits per heavy atom. The molecule has 1 aromatic rings. The second kappa shape index (κ2) is 9.73. The number of rotatable bonds is 8. The number of halogens is 1. The van der Waals surface area contributed by atoms with Crippen LogP contribution in [0.2, 0.25) is 5.02 Å². The van der Waals surface area contributed by atoms with Gasteiger partial charge in [-0.2, -0.15) is 0 Å². The van der Waals surface area contributed by atoms with Crippen LogP contribution in [-0.2, 0) is 19.6 Å². The minimum Gasteiger partial charge on any atom is -0.379 e. The fourth-order valence-corrected chi connectivity index (χ4v) is 4.56. The van der Waals surface area contributed by atoms with Gasteiger partial charge in [-0.3, -0.25) is 14.0 Å². The molecule has 1 N–H and O–H groups in total. The van der Waals surface area contributed by atoms with E-state index >= 15 is 0 Å². The number of nitrogens with one attached hydrogen (secondary N) is 1. The molecule has 9 heteroatoms. The van der Waals surface area contributed by atoms with Crippen LogP contribution in [0.1, 0.15) is 18.9 Å². The number of benzene rings is 1. The molecule has 7 nitrogen and oxygen atoms in total. The van der Waals surface area contributed by atoms with Crippen molar-refractivity contribution < 1.29 is 17.9 Å². The fourth-order valence-electron chi connectivity index (χ4n) is 3.14. The molecule has 0 spiro atoms. The highest BCUT2D eigenvalue weighted by Gasteiger charge is 2.32. The molecule has 1 heterocycles. The lowest BCUT2D eigenvalue weighted by molar-refractivity contribution is -0.122. The number of carbonyl (C=O) groups is 1. The van der Waals surface area contributed by atoms with Gasteiger partial charge >= 0.3 is 0 Å². The predicted molar refractivity (Wildman–Crippen MR) is 108 cm³/mol. The minimum atomic E-state index is -3.67. The van der Waals surface area contributed by atoms with Crippen molar-refractivity contribution in [1.29, 1.82) is 0 Å². The van der Waals surface area contributed by atoms with E-state index in [1.54, 1.807) is 32.0 Å². The van der Waals surface area contributed by atoms with Gasteiger partial charge < -0.3 is 10.1 Å². The number of ether oxygens (including phenoxy) is 1. The molecule has 0 aliphatic carbocycles. The molecule has 0 unspecified atom stereocenters. The Morgan fingerprint density at radius 2 is 2.04 bits per heavy atom. The van der Waals surface area contributed by atoms with Gasteiger partial charge in [0.25, 0.3) is 0 Å². The van der Waals surface area contributed by atoms with Gasteiger partial charge in [-0.25, -0.2) is 8.42 Å². The molecule has 1 atom stereocenters. The van der Waals surface area contributed by atoms with Crippen molar-refractivity contribution in [2.45, 2.75) is 26.3 Å². The molecule has 0 saturated carbocycles. The summed E-state index contributed by atoms with van der Waals surface area (Å²) in [6, 6.07) is 4.20. The van der Waals surface area contributed by atoms with Crippen LogP contribution in [0.3, 0.4) is 0 Å². The first kappa shape index (κ1) is 21.9. The van der Waals surface area contributed by atoms with Gasteiger partial charge in [-0.1, -0.05) is 24.6 Å². The Morgan fingerprint density at radius 1 is 1.37 bits per heavy atom. The van der Waals surface area contributed by atoms with Crippen molar-refractivity contribution in [2.24, 2.45) is 0 Å². The van der Waals surface area contributed by atoms with Gasteiger partial charge in [-0.05, 0) is 31.0 Å². The van der Waals surface area contributed by atoms with Gasteiger partial charge in [0.15, 0.2) is 0 Å². The summed E-state index contributed by atoms with van der Waals surface area (Å²) in [5, 5.41) is 3.30. The van der Waals surface area contributed by atoms with E-state index in [2.05, 4.69) is 10.2 Å². The Kier molecular flexibility index (Phi) is 7.91. The maximum Gasteiger partial charge on any atom is 0.243 e. The first-order valence-corrected chi connectivity index (χ1v) is 11.3. The summed E-state index contributed by atoms with van der Waals surface area (Å²) in [7, 11) is -3.67. The molecule has 1 aliphatic heterocycles. The van der Waals surface area contributed by atoms with E-state index in [-0.39, 0.29) is 5.91 Å². The number of morpholine rings is 1. The maximum absolute atomic E-state index is 12.8. The Labute approximate surface area is 166 Å². The Balaban J connectivity index is 2.14. The molecule has 1 saturated heterocycles. The first-order valence-electron chi connectivity index (χ1n) is 9.07. The van der Waals surface area contributed by atoms with E-state index in [1.807, 2.05) is 0 Å². The van der Waals surface area contributed by atoms with Crippen LogP contribution in [-0.4, -0.2) is 70.9 Å². The topological polar surface area (TPSA) is 79.0 Å². The number of hydrogen-bond donors (Lipinski definition) is 1. The summed E-state index contributed by atoms with van der Waals surface area (Å²) < 4.78 is 31.5. The quantitative estimate of drug-likeness (QED) is 0.695. The lowest BCUT2D eigenvalue weighted by atomic mass is 10.1. The highest BCUT2D eigenvalue weighted by molar-refractivity contribution is 7.92. The monoisotopic (exact) mass is 417 g/mol. The molecule has 0 bridgehead atoms. The highest BCUT2D eigenvalue weighted by atomic mass is 35.5. The van der Waals surface area contributed by atoms with Crippen molar-refractivity contribution in [3.63, 3.8) is 0 Å². The van der Waals surface area contributed by atoms with Gasteiger partial charge in [0.05, 0.1) is 25.2 Å². The first-order chi connectivity index (χ1) is 12.7. The SMILES string of the molecule is CC[C@@H](C(=O)NCCN1CCOCC1)N(c1cc(Cl)ccc1C)S(C)(=O)=O. The zero-order valence-corrected chi connectivity index (χ0v) is 17.6. The highest BCUT2D eigenvalue weighted by Crippen LogP contribution is 2.29. The minimum absolute atomic E-state index is 0.310. The summed E-state index contributed by atoms with van der Waals surface area (Å²) in [5.41, 5.74) is 1.17. The van der Waals surface area contributed by atoms with Crippen LogP contribution in [0.25, 0.3) is 0 Å². The van der Waals surface area contributed by atoms with Gasteiger partial charge in [0, 0.05) is 31.2 Å². The van der Waals surface area contributed by atoms with E-state index in [1.165, 1.54) is 4.31 Å². The third-order valence-corrected chi connectivity index (χ3v) is 5.97. The van der Waals surface area contributed by atoms with Crippen molar-refractivity contribution in [1.82, 2.24) is 10.2 Å². The lowest BCUT2D eigenvalue weighted by Gasteiger charge is -2.32. The molecule has 1 fully saturated rings. The Hall–Kier alpha value is -1.35. The van der Waals surface area contributed by atoms with Crippen molar-refractivity contribution >= 4 is 33.2 Å². The summed E-state index contributed by atoms with van der Waals surface area (Å²) in [5.74, 6) is -0.310. The van der Waals surface area contributed by atoms with Crippen LogP contribution in [0.4, 0.5) is 5.69 Å². The Bertz CT molecular complexity index is 751. The summed E-state index contributed by atoms with van der Waals surface area (Å²) >= 11 is 6.07. The average Bonchev–Trinajstić information content (AvgIpc) is 2.61. The second-order valence-electron chi connectivity index (χ2n) is 6.66. The van der Waals surface area contributed by atoms with E-state index in [9.17, 15) is 13.2 Å². The number of nitrogens with zero attached hydrogens (tertiary/aromatic N) is 2. The number of anilines is 1. The third kappa shape index (κ3) is 6.07. The summed E-state index contributed by atoms with van der Waals surface area (Å²) in [4.78, 5) is 15.0. The summed E-state index contributed by atoms with van der Waals surface area (Å²) in [6.45, 7) is 7.83. The molecular formula is C18H28ClN3O4S. The molecule has 1 amide bonds. The largest absolute Gasteiger partial charge is 0.379 e. The zero-order chi connectivity index (χ0) is 20.0. The summed E-state index contributed by atoms with van der Waals surface area (Å²) in [6.07, 6.45) is 1.46. The van der Waals surface area contributed by atoms with E-state index in [0.29, 0.717) is 43.4 Å². The number of aryl methyl sites for hydroxylation is 1. The molecular weight excluding hydrogens is 390 g/mol. The lowest BCUT2D eigenvalue weighted by Crippen LogP contribution is -2.51. The molecule has 1 aliphatic rings. The second-order valence-corrected chi connectivity index (χ2v) is 8.95. The molecule has 27 heavy (non-hydrogen) atoms. The molecule has 152 valence electrons. The molecule has 2 rings (SSSR count). The van der Waals surface area contributed by atoms with E-state index in [0.717, 1.165) is 24.9 Å². The molecule has 1 aromatic carbocycles. The van der Waals surface area contributed by atoms with Gasteiger partial charge in [0.1, 0.15) is 6.04 Å².